The number of hydrogen-bond donors (Lipinski definition) is 2. The van der Waals surface area contributed by atoms with Crippen molar-refractivity contribution in [2.24, 2.45) is 0 Å². The first-order valence-electron chi connectivity index (χ1n) is 8.21. The Morgan fingerprint density at radius 3 is 2.56 bits per heavy atom. The first-order chi connectivity index (χ1) is 12.4. The Hall–Kier alpha value is -2.30. The molecule has 1 aliphatic heterocycles. The van der Waals surface area contributed by atoms with Crippen LogP contribution in [0.3, 0.4) is 0 Å². The molecule has 2 rings (SSSR count). The zero-order chi connectivity index (χ0) is 20.4. The third-order valence-electron chi connectivity index (χ3n) is 4.08. The highest BCUT2D eigenvalue weighted by atomic mass is 32.2. The lowest BCUT2D eigenvalue weighted by Crippen LogP contribution is -2.54. The number of nitrogens with one attached hydrogen (secondary N) is 2. The van der Waals surface area contributed by atoms with Gasteiger partial charge in [0.1, 0.15) is 12.5 Å². The average Bonchev–Trinajstić information content (AvgIpc) is 2.51. The maximum absolute atomic E-state index is 12.7. The van der Waals surface area contributed by atoms with Gasteiger partial charge in [-0.05, 0) is 38.3 Å². The molecule has 0 saturated heterocycles. The Morgan fingerprint density at radius 2 is 1.93 bits per heavy atom. The van der Waals surface area contributed by atoms with E-state index in [1.165, 1.54) is 0 Å². The van der Waals surface area contributed by atoms with Gasteiger partial charge in [0, 0.05) is 6.04 Å². The lowest BCUT2D eigenvalue weighted by Gasteiger charge is -2.35. The molecule has 0 spiro atoms. The minimum absolute atomic E-state index is 0.416. The van der Waals surface area contributed by atoms with Crippen LogP contribution in [-0.2, 0) is 26.2 Å². The molecular weight excluding hydrogens is 387 g/mol. The minimum Gasteiger partial charge on any atom is -0.344 e. The molecule has 0 radical (unpaired) electrons. The van der Waals surface area contributed by atoms with E-state index in [0.717, 1.165) is 16.8 Å². The zero-order valence-corrected chi connectivity index (χ0v) is 15.5. The van der Waals surface area contributed by atoms with Gasteiger partial charge in [-0.2, -0.15) is 21.6 Å². The fourth-order valence-electron chi connectivity index (χ4n) is 2.83. The molecule has 1 aromatic carbocycles. The lowest BCUT2D eigenvalue weighted by molar-refractivity contribution is -0.155. The maximum Gasteiger partial charge on any atom is 0.397 e. The lowest BCUT2D eigenvalue weighted by atomic mass is 9.99. The van der Waals surface area contributed by atoms with Gasteiger partial charge in [0.25, 0.3) is 5.91 Å². The van der Waals surface area contributed by atoms with Crippen LogP contribution in [0.4, 0.5) is 18.9 Å². The highest BCUT2D eigenvalue weighted by Gasteiger charge is 2.36. The largest absolute Gasteiger partial charge is 0.397 e. The molecule has 27 heavy (non-hydrogen) atoms. The van der Waals surface area contributed by atoms with Crippen molar-refractivity contribution >= 4 is 27.7 Å². The predicted octanol–water partition coefficient (Wildman–Crippen LogP) is 1.65. The monoisotopic (exact) mass is 407 g/mol. The van der Waals surface area contributed by atoms with E-state index in [9.17, 15) is 31.2 Å². The number of para-hydroxylation sites is 1. The Kier molecular flexibility index (Phi) is 6.03. The molecule has 2 N–H and O–H groups in total. The number of alkyl halides is 3. The first-order valence-corrected chi connectivity index (χ1v) is 9.65. The maximum atomic E-state index is 12.7. The van der Waals surface area contributed by atoms with Gasteiger partial charge in [0.05, 0.1) is 5.69 Å². The molecule has 0 bridgehead atoms. The summed E-state index contributed by atoms with van der Waals surface area (Å²) in [6.45, 7) is 2.79. The Morgan fingerprint density at radius 1 is 1.30 bits per heavy atom. The number of benzene rings is 1. The van der Waals surface area contributed by atoms with E-state index < -0.39 is 46.7 Å². The van der Waals surface area contributed by atoms with Crippen molar-refractivity contribution in [2.45, 2.75) is 51.4 Å². The summed E-state index contributed by atoms with van der Waals surface area (Å²) in [5.74, 6) is -2.54. The normalized spacial score (nSPS) is 18.4. The molecule has 0 aromatic heterocycles. The molecule has 11 heteroatoms. The van der Waals surface area contributed by atoms with E-state index in [1.54, 1.807) is 31.2 Å². The van der Waals surface area contributed by atoms with Gasteiger partial charge < -0.3 is 5.32 Å². The molecule has 7 nitrogen and oxygen atoms in total. The fourth-order valence-corrected chi connectivity index (χ4v) is 4.37. The molecule has 0 saturated carbocycles. The molecule has 2 unspecified atom stereocenters. The molecule has 1 aliphatic rings. The number of hydrogen-bond acceptors (Lipinski definition) is 4. The third kappa shape index (κ3) is 5.34. The molecular formula is C16H20F3N3O4S. The van der Waals surface area contributed by atoms with Crippen LogP contribution in [0.15, 0.2) is 24.3 Å². The van der Waals surface area contributed by atoms with Crippen LogP contribution in [0.5, 0.6) is 0 Å². The van der Waals surface area contributed by atoms with Gasteiger partial charge in [0.15, 0.2) is 0 Å². The summed E-state index contributed by atoms with van der Waals surface area (Å²) in [6.07, 6.45) is -5.25. The van der Waals surface area contributed by atoms with Gasteiger partial charge in [-0.25, -0.2) is 4.72 Å². The molecule has 2 atom stereocenters. The number of carbonyl (C=O) groups excluding carboxylic acids is 2. The molecule has 150 valence electrons. The van der Waals surface area contributed by atoms with Crippen molar-refractivity contribution in [3.8, 4) is 0 Å². The Bertz CT molecular complexity index is 826. The quantitative estimate of drug-likeness (QED) is 0.776. The first kappa shape index (κ1) is 21.0. The Balaban J connectivity index is 2.11. The van der Waals surface area contributed by atoms with Crippen LogP contribution < -0.4 is 14.3 Å². The van der Waals surface area contributed by atoms with Crippen molar-refractivity contribution in [3.05, 3.63) is 29.8 Å². The molecule has 2 amide bonds. The smallest absolute Gasteiger partial charge is 0.344 e. The van der Waals surface area contributed by atoms with Gasteiger partial charge >= 0.3 is 16.4 Å². The number of aryl methyl sites for hydroxylation is 1. The summed E-state index contributed by atoms with van der Waals surface area (Å²) >= 11 is 0. The predicted molar refractivity (Wildman–Crippen MR) is 92.0 cm³/mol. The highest BCUT2D eigenvalue weighted by molar-refractivity contribution is 7.91. The van der Waals surface area contributed by atoms with E-state index in [2.05, 4.69) is 0 Å². The fraction of sp³-hybridized carbons (Fsp3) is 0.500. The number of rotatable bonds is 5. The number of amides is 2. The molecule has 1 heterocycles. The molecule has 1 aromatic rings. The minimum atomic E-state index is -4.72. The van der Waals surface area contributed by atoms with E-state index >= 15 is 0 Å². The number of fused-ring (bicyclic) bond motifs is 1. The number of anilines is 1. The van der Waals surface area contributed by atoms with Crippen molar-refractivity contribution in [1.82, 2.24) is 10.0 Å². The summed E-state index contributed by atoms with van der Waals surface area (Å²) in [5.41, 5.74) is 1.24. The van der Waals surface area contributed by atoms with Crippen LogP contribution in [0.1, 0.15) is 32.3 Å². The van der Waals surface area contributed by atoms with E-state index in [1.807, 2.05) is 10.0 Å². The zero-order valence-electron chi connectivity index (χ0n) is 14.7. The van der Waals surface area contributed by atoms with Crippen molar-refractivity contribution in [1.29, 1.82) is 0 Å². The van der Waals surface area contributed by atoms with Crippen LogP contribution in [0.25, 0.3) is 0 Å². The number of carbonyl (C=O) groups is 2. The second-order valence-corrected chi connectivity index (χ2v) is 7.91. The summed E-state index contributed by atoms with van der Waals surface area (Å²) in [6, 6.07) is 4.97. The number of nitrogens with zero attached hydrogens (tertiary/aromatic N) is 1. The highest BCUT2D eigenvalue weighted by Crippen LogP contribution is 2.32. The van der Waals surface area contributed by atoms with Crippen LogP contribution in [-0.4, -0.2) is 38.5 Å². The van der Waals surface area contributed by atoms with Gasteiger partial charge in [-0.15, -0.1) is 0 Å². The third-order valence-corrected chi connectivity index (χ3v) is 5.61. The Labute approximate surface area is 155 Å². The number of halogens is 3. The molecule has 0 fully saturated rings. The van der Waals surface area contributed by atoms with E-state index in [0.29, 0.717) is 18.5 Å². The van der Waals surface area contributed by atoms with Crippen molar-refractivity contribution in [2.75, 3.05) is 4.31 Å². The van der Waals surface area contributed by atoms with E-state index in [4.69, 9.17) is 0 Å². The van der Waals surface area contributed by atoms with Gasteiger partial charge in [0.2, 0.25) is 5.91 Å². The van der Waals surface area contributed by atoms with E-state index in [-0.39, 0.29) is 0 Å². The van der Waals surface area contributed by atoms with Crippen LogP contribution in [0, 0.1) is 0 Å². The van der Waals surface area contributed by atoms with Crippen LogP contribution >= 0.6 is 0 Å². The van der Waals surface area contributed by atoms with Gasteiger partial charge in [-0.1, -0.05) is 18.2 Å². The molecule has 0 aliphatic carbocycles. The van der Waals surface area contributed by atoms with Gasteiger partial charge in [-0.3, -0.25) is 13.9 Å². The summed E-state index contributed by atoms with van der Waals surface area (Å²) in [4.78, 5) is 23.4. The standard InChI is InChI=1S/C16H20F3N3O4S/c1-10-7-8-12-5-3-4-6-13(12)22(10)27(25,26)21-15(24)11(2)20-14(23)9-16(17,18)19/h3-6,10-11H,7-9H2,1-2H3,(H,20,23)(H,21,24). The topological polar surface area (TPSA) is 95.6 Å². The van der Waals surface area contributed by atoms with Crippen molar-refractivity contribution in [3.63, 3.8) is 0 Å². The SMILES string of the molecule is CC(NC(=O)CC(F)(F)F)C(=O)NS(=O)(=O)N1c2ccccc2CCC1C. The second kappa shape index (κ2) is 7.75. The summed E-state index contributed by atoms with van der Waals surface area (Å²) in [5, 5.41) is 1.84. The second-order valence-electron chi connectivity index (χ2n) is 6.36. The summed E-state index contributed by atoms with van der Waals surface area (Å²) in [7, 11) is -4.30. The summed E-state index contributed by atoms with van der Waals surface area (Å²) < 4.78 is 64.9. The van der Waals surface area contributed by atoms with Crippen molar-refractivity contribution < 1.29 is 31.2 Å². The van der Waals surface area contributed by atoms with Crippen LogP contribution in [0.2, 0.25) is 0 Å². The average molecular weight is 407 g/mol.